The van der Waals surface area contributed by atoms with E-state index in [4.69, 9.17) is 0 Å². The van der Waals surface area contributed by atoms with Gasteiger partial charge in [0.1, 0.15) is 0 Å². The van der Waals surface area contributed by atoms with E-state index in [1.54, 1.807) is 0 Å². The quantitative estimate of drug-likeness (QED) is 0.140. The van der Waals surface area contributed by atoms with Gasteiger partial charge in [-0.05, 0) is 144 Å². The van der Waals surface area contributed by atoms with Gasteiger partial charge in [0.05, 0.1) is 11.0 Å². The second kappa shape index (κ2) is 17.4. The van der Waals surface area contributed by atoms with Gasteiger partial charge in [-0.2, -0.15) is 0 Å². The van der Waals surface area contributed by atoms with Crippen LogP contribution in [0.3, 0.4) is 0 Å². The molecule has 0 aliphatic heterocycles. The molecule has 0 amide bonds. The Morgan fingerprint density at radius 2 is 0.586 bits per heavy atom. The van der Waals surface area contributed by atoms with Gasteiger partial charge in [-0.3, -0.25) is 0 Å². The highest BCUT2D eigenvalue weighted by atomic mass is 15.1. The lowest BCUT2D eigenvalue weighted by Gasteiger charge is -2.26. The summed E-state index contributed by atoms with van der Waals surface area (Å²) in [5.41, 5.74) is 18.9. The van der Waals surface area contributed by atoms with Crippen molar-refractivity contribution in [2.75, 3.05) is 4.90 Å². The molecule has 328 valence electrons. The van der Waals surface area contributed by atoms with Crippen LogP contribution in [0.4, 0.5) is 17.1 Å². The van der Waals surface area contributed by atoms with E-state index in [0.29, 0.717) is 0 Å². The average molecular weight is 891 g/mol. The maximum atomic E-state index is 2.37. The van der Waals surface area contributed by atoms with Gasteiger partial charge in [-0.15, -0.1) is 0 Å². The summed E-state index contributed by atoms with van der Waals surface area (Å²) in [6.45, 7) is 0. The number of benzene rings is 12. The minimum atomic E-state index is 1.09. The van der Waals surface area contributed by atoms with Gasteiger partial charge in [0, 0.05) is 33.5 Å². The van der Waals surface area contributed by atoms with Crippen LogP contribution >= 0.6 is 0 Å². The fraction of sp³-hybridized carbons (Fsp3) is 0. The van der Waals surface area contributed by atoms with Crippen molar-refractivity contribution in [3.05, 3.63) is 279 Å². The summed E-state index contributed by atoms with van der Waals surface area (Å²) in [6.07, 6.45) is 0. The number of hydrogen-bond donors (Lipinski definition) is 0. The van der Waals surface area contributed by atoms with E-state index in [2.05, 4.69) is 289 Å². The van der Waals surface area contributed by atoms with Crippen molar-refractivity contribution in [2.24, 2.45) is 0 Å². The van der Waals surface area contributed by atoms with E-state index in [-0.39, 0.29) is 0 Å². The van der Waals surface area contributed by atoms with Crippen molar-refractivity contribution in [3.8, 4) is 61.3 Å². The highest BCUT2D eigenvalue weighted by molar-refractivity contribution is 6.10. The van der Waals surface area contributed by atoms with Gasteiger partial charge in [0.2, 0.25) is 0 Å². The zero-order chi connectivity index (χ0) is 46.4. The van der Waals surface area contributed by atoms with Crippen LogP contribution < -0.4 is 4.90 Å². The first-order chi connectivity index (χ1) is 34.7. The van der Waals surface area contributed by atoms with E-state index in [0.717, 1.165) is 22.7 Å². The Hall–Kier alpha value is -9.24. The summed E-state index contributed by atoms with van der Waals surface area (Å²) in [6, 6.07) is 102. The topological polar surface area (TPSA) is 8.17 Å². The van der Waals surface area contributed by atoms with E-state index in [9.17, 15) is 0 Å². The van der Waals surface area contributed by atoms with E-state index >= 15 is 0 Å². The van der Waals surface area contributed by atoms with Crippen LogP contribution in [0.15, 0.2) is 279 Å². The number of anilines is 3. The third-order valence-corrected chi connectivity index (χ3v) is 14.0. The van der Waals surface area contributed by atoms with Crippen LogP contribution in [0, 0.1) is 0 Å². The van der Waals surface area contributed by atoms with Gasteiger partial charge in [-0.25, -0.2) is 0 Å². The summed E-state index contributed by atoms with van der Waals surface area (Å²) in [5.74, 6) is 0. The molecule has 1 heterocycles. The first kappa shape index (κ1) is 41.0. The molecule has 0 spiro atoms. The lowest BCUT2D eigenvalue weighted by atomic mass is 9.96. The van der Waals surface area contributed by atoms with Crippen molar-refractivity contribution in [1.29, 1.82) is 0 Å². The molecule has 13 aromatic rings. The number of aromatic nitrogens is 1. The summed E-state index contributed by atoms with van der Waals surface area (Å²) in [7, 11) is 0. The number of nitrogens with zero attached hydrogens (tertiary/aromatic N) is 2. The highest BCUT2D eigenvalue weighted by Crippen LogP contribution is 2.40. The summed E-state index contributed by atoms with van der Waals surface area (Å²) in [4.78, 5) is 2.36. The van der Waals surface area contributed by atoms with Crippen molar-refractivity contribution >= 4 is 60.4 Å². The maximum absolute atomic E-state index is 2.37. The first-order valence-electron chi connectivity index (χ1n) is 24.1. The van der Waals surface area contributed by atoms with Crippen LogP contribution in [0.25, 0.3) is 105 Å². The molecule has 1 aromatic heterocycles. The van der Waals surface area contributed by atoms with Crippen molar-refractivity contribution in [1.82, 2.24) is 4.57 Å². The lowest BCUT2D eigenvalue weighted by Crippen LogP contribution is -2.09. The average Bonchev–Trinajstić information content (AvgIpc) is 3.77. The minimum absolute atomic E-state index is 1.09. The molecule has 0 atom stereocenters. The molecule has 0 bridgehead atoms. The van der Waals surface area contributed by atoms with Crippen LogP contribution in [-0.2, 0) is 0 Å². The normalized spacial score (nSPS) is 11.4. The van der Waals surface area contributed by atoms with Gasteiger partial charge in [0.15, 0.2) is 0 Å². The zero-order valence-electron chi connectivity index (χ0n) is 38.5. The fourth-order valence-electron chi connectivity index (χ4n) is 10.5. The Bertz CT molecular complexity index is 3820. The summed E-state index contributed by atoms with van der Waals surface area (Å²) in [5, 5.41) is 7.54. The van der Waals surface area contributed by atoms with Crippen LogP contribution in [0.2, 0.25) is 0 Å². The summed E-state index contributed by atoms with van der Waals surface area (Å²) >= 11 is 0. The lowest BCUT2D eigenvalue weighted by molar-refractivity contribution is 1.18. The third kappa shape index (κ3) is 7.40. The Morgan fingerprint density at radius 3 is 1.09 bits per heavy atom. The Kier molecular flexibility index (Phi) is 10.2. The highest BCUT2D eigenvalue weighted by Gasteiger charge is 2.17. The summed E-state index contributed by atoms with van der Waals surface area (Å²) < 4.78 is 2.37. The molecule has 0 saturated heterocycles. The van der Waals surface area contributed by atoms with Gasteiger partial charge in [-0.1, -0.05) is 212 Å². The van der Waals surface area contributed by atoms with Gasteiger partial charge in [0.25, 0.3) is 0 Å². The van der Waals surface area contributed by atoms with Crippen LogP contribution in [0.5, 0.6) is 0 Å². The Labute approximate surface area is 408 Å². The maximum Gasteiger partial charge on any atom is 0.0541 e. The second-order valence-corrected chi connectivity index (χ2v) is 18.1. The molecule has 0 saturated carbocycles. The molecule has 0 radical (unpaired) electrons. The predicted molar refractivity (Wildman–Crippen MR) is 298 cm³/mol. The van der Waals surface area contributed by atoms with Gasteiger partial charge >= 0.3 is 0 Å². The Morgan fingerprint density at radius 1 is 0.229 bits per heavy atom. The van der Waals surface area contributed by atoms with E-state index in [1.165, 1.54) is 99.0 Å². The van der Waals surface area contributed by atoms with Crippen molar-refractivity contribution in [2.45, 2.75) is 0 Å². The zero-order valence-corrected chi connectivity index (χ0v) is 38.5. The largest absolute Gasteiger partial charge is 0.311 e. The molecular formula is C68H46N2. The van der Waals surface area contributed by atoms with Crippen LogP contribution in [-0.4, -0.2) is 4.57 Å². The number of rotatable bonds is 9. The molecule has 12 aromatic carbocycles. The Balaban J connectivity index is 0.838. The number of fused-ring (bicyclic) bond motifs is 5. The second-order valence-electron chi connectivity index (χ2n) is 18.1. The molecule has 0 fully saturated rings. The SMILES string of the molecule is c1ccc(-n2c3ccccc3c3cc(-c4ccc(N(c5ccc(-c6ccc(-c7cccc8ccccc78)cc6)cc5)c5ccc(-c6ccc(-c7cccc8ccccc78)cc6)cc5)cc4)ccc32)cc1. The van der Waals surface area contributed by atoms with E-state index in [1.807, 2.05) is 0 Å². The molecule has 70 heavy (non-hydrogen) atoms. The van der Waals surface area contributed by atoms with Crippen molar-refractivity contribution < 1.29 is 0 Å². The molecule has 0 unspecified atom stereocenters. The smallest absolute Gasteiger partial charge is 0.0541 e. The monoisotopic (exact) mass is 890 g/mol. The fourth-order valence-corrected chi connectivity index (χ4v) is 10.5. The van der Waals surface area contributed by atoms with Crippen molar-refractivity contribution in [3.63, 3.8) is 0 Å². The molecule has 0 aliphatic carbocycles. The predicted octanol–water partition coefficient (Wildman–Crippen LogP) is 18.9. The molecular weight excluding hydrogens is 845 g/mol. The third-order valence-electron chi connectivity index (χ3n) is 14.0. The molecule has 13 rings (SSSR count). The van der Waals surface area contributed by atoms with Gasteiger partial charge < -0.3 is 9.47 Å². The van der Waals surface area contributed by atoms with E-state index < -0.39 is 0 Å². The number of hydrogen-bond acceptors (Lipinski definition) is 1. The minimum Gasteiger partial charge on any atom is -0.311 e. The molecule has 0 N–H and O–H groups in total. The first-order valence-corrected chi connectivity index (χ1v) is 24.1. The molecule has 2 heteroatoms. The van der Waals surface area contributed by atoms with Crippen LogP contribution in [0.1, 0.15) is 0 Å². The number of para-hydroxylation sites is 2. The molecule has 2 nitrogen and oxygen atoms in total. The molecule has 0 aliphatic rings. The standard InChI is InChI=1S/C68H46N2/c1-2-16-57(17-3-1)70-67-23-9-8-20-65(67)66-46-56(38-45-68(66)70)51-36-43-60(44-37-51)69(58-39-32-49(33-40-58)47-24-28-54(29-25-47)63-21-10-14-52-12-4-6-18-61(52)63)59-41-34-50(35-42-59)48-26-30-55(31-27-48)64-22-11-15-53-13-5-7-19-62(53)64/h1-46H.